The Kier molecular flexibility index (Phi) is 4.98. The van der Waals surface area contributed by atoms with Crippen LogP contribution in [-0.2, 0) is 5.75 Å². The zero-order valence-corrected chi connectivity index (χ0v) is 13.0. The Balaban J connectivity index is 2.11. The standard InChI is InChI=1S/C14H12BrClOS/c1-17-13-4-2-3-5-14(13)18-9-10-6-7-11(15)8-12(10)16/h2-8H,9H2,1H3. The van der Waals surface area contributed by atoms with Crippen molar-refractivity contribution < 1.29 is 4.74 Å². The first kappa shape index (κ1) is 13.8. The van der Waals surface area contributed by atoms with E-state index in [-0.39, 0.29) is 0 Å². The number of para-hydroxylation sites is 1. The number of methoxy groups -OCH3 is 1. The van der Waals surface area contributed by atoms with Gasteiger partial charge in [-0.2, -0.15) is 0 Å². The quantitative estimate of drug-likeness (QED) is 0.687. The highest BCUT2D eigenvalue weighted by molar-refractivity contribution is 9.10. The van der Waals surface area contributed by atoms with Crippen molar-refractivity contribution in [3.63, 3.8) is 0 Å². The molecular formula is C14H12BrClOS. The highest BCUT2D eigenvalue weighted by atomic mass is 79.9. The number of thioether (sulfide) groups is 1. The molecule has 0 N–H and O–H groups in total. The summed E-state index contributed by atoms with van der Waals surface area (Å²) in [7, 11) is 1.69. The molecule has 0 radical (unpaired) electrons. The predicted molar refractivity (Wildman–Crippen MR) is 81.7 cm³/mol. The summed E-state index contributed by atoms with van der Waals surface area (Å²) in [6.45, 7) is 0. The van der Waals surface area contributed by atoms with E-state index in [9.17, 15) is 0 Å². The molecule has 0 spiro atoms. The Morgan fingerprint density at radius 3 is 2.72 bits per heavy atom. The molecule has 0 aromatic heterocycles. The lowest BCUT2D eigenvalue weighted by atomic mass is 10.2. The van der Waals surface area contributed by atoms with Crippen LogP contribution in [0.2, 0.25) is 5.02 Å². The number of hydrogen-bond donors (Lipinski definition) is 0. The summed E-state index contributed by atoms with van der Waals surface area (Å²) in [5.74, 6) is 1.72. The number of ether oxygens (including phenoxy) is 1. The number of rotatable bonds is 4. The van der Waals surface area contributed by atoms with E-state index in [0.29, 0.717) is 0 Å². The molecule has 0 saturated heterocycles. The van der Waals surface area contributed by atoms with E-state index in [4.69, 9.17) is 16.3 Å². The van der Waals surface area contributed by atoms with E-state index < -0.39 is 0 Å². The molecule has 1 nitrogen and oxygen atoms in total. The molecule has 0 heterocycles. The topological polar surface area (TPSA) is 9.23 Å². The molecule has 0 atom stereocenters. The molecular weight excluding hydrogens is 332 g/mol. The minimum Gasteiger partial charge on any atom is -0.496 e. The van der Waals surface area contributed by atoms with E-state index in [1.807, 2.05) is 36.4 Å². The molecule has 2 aromatic rings. The van der Waals surface area contributed by atoms with Crippen LogP contribution in [0.25, 0.3) is 0 Å². The molecule has 0 saturated carbocycles. The van der Waals surface area contributed by atoms with E-state index in [1.165, 1.54) is 0 Å². The summed E-state index contributed by atoms with van der Waals surface area (Å²) >= 11 is 11.3. The van der Waals surface area contributed by atoms with Gasteiger partial charge in [-0.3, -0.25) is 0 Å². The van der Waals surface area contributed by atoms with Crippen molar-refractivity contribution in [2.75, 3.05) is 7.11 Å². The second kappa shape index (κ2) is 6.50. The Morgan fingerprint density at radius 1 is 1.22 bits per heavy atom. The lowest BCUT2D eigenvalue weighted by Crippen LogP contribution is -1.87. The zero-order valence-electron chi connectivity index (χ0n) is 9.82. The molecule has 0 amide bonds. The highest BCUT2D eigenvalue weighted by Gasteiger charge is 2.05. The molecule has 94 valence electrons. The molecule has 4 heteroatoms. The van der Waals surface area contributed by atoms with Gasteiger partial charge in [0.05, 0.1) is 7.11 Å². The first-order valence-electron chi connectivity index (χ1n) is 5.40. The van der Waals surface area contributed by atoms with Crippen LogP contribution in [0.15, 0.2) is 51.8 Å². The third-order valence-electron chi connectivity index (χ3n) is 2.47. The minimum atomic E-state index is 0.784. The minimum absolute atomic E-state index is 0.784. The van der Waals surface area contributed by atoms with Crippen LogP contribution in [0.1, 0.15) is 5.56 Å². The van der Waals surface area contributed by atoms with Crippen LogP contribution in [-0.4, -0.2) is 7.11 Å². The van der Waals surface area contributed by atoms with Gasteiger partial charge in [0, 0.05) is 20.1 Å². The summed E-state index contributed by atoms with van der Waals surface area (Å²) < 4.78 is 6.32. The van der Waals surface area contributed by atoms with Crippen LogP contribution < -0.4 is 4.74 Å². The second-order valence-corrected chi connectivity index (χ2v) is 6.02. The van der Waals surface area contributed by atoms with Crippen LogP contribution in [0.5, 0.6) is 5.75 Å². The fourth-order valence-electron chi connectivity index (χ4n) is 1.53. The molecule has 0 unspecified atom stereocenters. The van der Waals surface area contributed by atoms with Gasteiger partial charge in [-0.1, -0.05) is 45.7 Å². The Bertz CT molecular complexity index is 545. The van der Waals surface area contributed by atoms with Gasteiger partial charge in [0.15, 0.2) is 0 Å². The fraction of sp³-hybridized carbons (Fsp3) is 0.143. The molecule has 0 aliphatic rings. The molecule has 0 fully saturated rings. The third-order valence-corrected chi connectivity index (χ3v) is 4.42. The lowest BCUT2D eigenvalue weighted by molar-refractivity contribution is 0.405. The van der Waals surface area contributed by atoms with Crippen LogP contribution in [0, 0.1) is 0 Å². The summed E-state index contributed by atoms with van der Waals surface area (Å²) in [6.07, 6.45) is 0. The molecule has 18 heavy (non-hydrogen) atoms. The Labute approximate surface area is 125 Å². The van der Waals surface area contributed by atoms with E-state index >= 15 is 0 Å². The van der Waals surface area contributed by atoms with Crippen molar-refractivity contribution in [2.24, 2.45) is 0 Å². The molecule has 2 aromatic carbocycles. The van der Waals surface area contributed by atoms with Crippen molar-refractivity contribution in [3.8, 4) is 5.75 Å². The van der Waals surface area contributed by atoms with E-state index in [2.05, 4.69) is 22.0 Å². The van der Waals surface area contributed by atoms with Gasteiger partial charge in [-0.15, -0.1) is 11.8 Å². The number of halogens is 2. The SMILES string of the molecule is COc1ccccc1SCc1ccc(Br)cc1Cl. The summed E-state index contributed by atoms with van der Waals surface area (Å²) in [5, 5.41) is 0.784. The maximum Gasteiger partial charge on any atom is 0.132 e. The van der Waals surface area contributed by atoms with Gasteiger partial charge in [-0.25, -0.2) is 0 Å². The molecule has 0 aliphatic carbocycles. The fourth-order valence-corrected chi connectivity index (χ4v) is 3.38. The first-order chi connectivity index (χ1) is 8.70. The summed E-state index contributed by atoms with van der Waals surface area (Å²) in [5.41, 5.74) is 1.12. The average Bonchev–Trinajstić information content (AvgIpc) is 2.38. The normalized spacial score (nSPS) is 10.4. The van der Waals surface area contributed by atoms with Crippen molar-refractivity contribution >= 4 is 39.3 Å². The van der Waals surface area contributed by atoms with E-state index in [0.717, 1.165) is 31.5 Å². The van der Waals surface area contributed by atoms with Gasteiger partial charge >= 0.3 is 0 Å². The average molecular weight is 344 g/mol. The second-order valence-electron chi connectivity index (χ2n) is 3.68. The Hall–Kier alpha value is -0.640. The Morgan fingerprint density at radius 2 is 2.00 bits per heavy atom. The van der Waals surface area contributed by atoms with Crippen LogP contribution in [0.4, 0.5) is 0 Å². The van der Waals surface area contributed by atoms with Gasteiger partial charge in [-0.05, 0) is 29.8 Å². The molecule has 0 bridgehead atoms. The van der Waals surface area contributed by atoms with Crippen molar-refractivity contribution in [2.45, 2.75) is 10.6 Å². The van der Waals surface area contributed by atoms with Crippen LogP contribution >= 0.6 is 39.3 Å². The number of hydrogen-bond acceptors (Lipinski definition) is 2. The van der Waals surface area contributed by atoms with Gasteiger partial charge in [0.1, 0.15) is 5.75 Å². The van der Waals surface area contributed by atoms with Crippen LogP contribution in [0.3, 0.4) is 0 Å². The maximum absolute atomic E-state index is 6.19. The summed E-state index contributed by atoms with van der Waals surface area (Å²) in [6, 6.07) is 13.9. The first-order valence-corrected chi connectivity index (χ1v) is 7.56. The van der Waals surface area contributed by atoms with E-state index in [1.54, 1.807) is 18.9 Å². The highest BCUT2D eigenvalue weighted by Crippen LogP contribution is 2.33. The zero-order chi connectivity index (χ0) is 13.0. The van der Waals surface area contributed by atoms with Crippen molar-refractivity contribution in [3.05, 3.63) is 57.5 Å². The van der Waals surface area contributed by atoms with Gasteiger partial charge in [0.25, 0.3) is 0 Å². The summed E-state index contributed by atoms with van der Waals surface area (Å²) in [4.78, 5) is 1.12. The third kappa shape index (κ3) is 3.44. The largest absolute Gasteiger partial charge is 0.496 e. The smallest absolute Gasteiger partial charge is 0.132 e. The van der Waals surface area contributed by atoms with Gasteiger partial charge in [0.2, 0.25) is 0 Å². The van der Waals surface area contributed by atoms with Gasteiger partial charge < -0.3 is 4.74 Å². The van der Waals surface area contributed by atoms with Crippen molar-refractivity contribution in [1.82, 2.24) is 0 Å². The predicted octanol–water partition coefficient (Wildman–Crippen LogP) is 5.40. The maximum atomic E-state index is 6.19. The monoisotopic (exact) mass is 342 g/mol. The molecule has 2 rings (SSSR count). The number of benzene rings is 2. The molecule has 0 aliphatic heterocycles. The lowest BCUT2D eigenvalue weighted by Gasteiger charge is -2.08. The van der Waals surface area contributed by atoms with Crippen molar-refractivity contribution in [1.29, 1.82) is 0 Å².